The van der Waals surface area contributed by atoms with Crippen LogP contribution in [0.25, 0.3) is 6.08 Å². The van der Waals surface area contributed by atoms with E-state index in [0.29, 0.717) is 33.0 Å². The number of amides is 1. The van der Waals surface area contributed by atoms with Crippen LogP contribution < -0.4 is 19.7 Å². The lowest BCUT2D eigenvalue weighted by Gasteiger charge is -2.16. The molecule has 0 unspecified atom stereocenters. The van der Waals surface area contributed by atoms with Crippen LogP contribution in [0, 0.1) is 6.92 Å². The molecule has 0 atom stereocenters. The van der Waals surface area contributed by atoms with Gasteiger partial charge < -0.3 is 14.8 Å². The number of nitrogens with one attached hydrogen (secondary N) is 1. The highest BCUT2D eigenvalue weighted by atomic mass is 79.9. The fourth-order valence-corrected chi connectivity index (χ4v) is 3.71. The van der Waals surface area contributed by atoms with Gasteiger partial charge in [-0.2, -0.15) is 0 Å². The van der Waals surface area contributed by atoms with Gasteiger partial charge in [-0.15, -0.1) is 0 Å². The number of aryl methyl sites for hydroxylation is 1. The first-order valence-electron chi connectivity index (χ1n) is 7.90. The molecule has 2 aromatic rings. The molecule has 1 saturated heterocycles. The lowest BCUT2D eigenvalue weighted by atomic mass is 10.1. The second kappa shape index (κ2) is 7.88. The maximum absolute atomic E-state index is 13.0. The minimum absolute atomic E-state index is 0.243. The minimum atomic E-state index is -0.243. The average Bonchev–Trinajstić information content (AvgIpc) is 2.90. The number of thiocarbonyl (C=S) groups is 1. The van der Waals surface area contributed by atoms with Crippen molar-refractivity contribution in [1.29, 1.82) is 0 Å². The van der Waals surface area contributed by atoms with Crippen LogP contribution in [0.15, 0.2) is 40.5 Å². The monoisotopic (exact) mass is 466 g/mol. The number of ether oxygens (including phenoxy) is 2. The molecule has 0 radical (unpaired) electrons. The molecule has 3 rings (SSSR count). The summed E-state index contributed by atoms with van der Waals surface area (Å²) in [6.07, 6.45) is 1.71. The first-order valence-corrected chi connectivity index (χ1v) is 9.48. The number of nitrogens with zero attached hydrogens (tertiary/aromatic N) is 1. The summed E-state index contributed by atoms with van der Waals surface area (Å²) in [4.78, 5) is 14.4. The molecule has 0 saturated carbocycles. The zero-order valence-electron chi connectivity index (χ0n) is 14.8. The van der Waals surface area contributed by atoms with E-state index >= 15 is 0 Å². The first kappa shape index (κ1) is 19.7. The summed E-state index contributed by atoms with van der Waals surface area (Å²) in [5.41, 5.74) is 2.66. The Morgan fingerprint density at radius 1 is 1.19 bits per heavy atom. The van der Waals surface area contributed by atoms with E-state index in [2.05, 4.69) is 21.2 Å². The lowest BCUT2D eigenvalue weighted by Crippen LogP contribution is -2.30. The maximum Gasteiger partial charge on any atom is 0.281 e. The Morgan fingerprint density at radius 2 is 1.85 bits per heavy atom. The molecule has 140 valence electrons. The Kier molecular flexibility index (Phi) is 5.74. The summed E-state index contributed by atoms with van der Waals surface area (Å²) in [6.45, 7) is 1.88. The van der Waals surface area contributed by atoms with E-state index in [9.17, 15) is 4.79 Å². The molecule has 1 N–H and O–H groups in total. The van der Waals surface area contributed by atoms with Crippen LogP contribution in [0.2, 0.25) is 5.02 Å². The van der Waals surface area contributed by atoms with Gasteiger partial charge in [-0.05, 0) is 66.7 Å². The normalized spacial score (nSPS) is 15.3. The van der Waals surface area contributed by atoms with Crippen LogP contribution in [-0.2, 0) is 4.79 Å². The van der Waals surface area contributed by atoms with Gasteiger partial charge in [0.15, 0.2) is 16.6 Å². The van der Waals surface area contributed by atoms with Gasteiger partial charge in [-0.1, -0.05) is 27.5 Å². The van der Waals surface area contributed by atoms with Crippen molar-refractivity contribution >= 4 is 62.5 Å². The van der Waals surface area contributed by atoms with Gasteiger partial charge in [-0.3, -0.25) is 9.69 Å². The number of halogens is 2. The van der Waals surface area contributed by atoms with Crippen molar-refractivity contribution in [2.24, 2.45) is 0 Å². The Balaban J connectivity index is 2.00. The fourth-order valence-electron chi connectivity index (χ4n) is 2.76. The van der Waals surface area contributed by atoms with Gasteiger partial charge in [0.1, 0.15) is 5.70 Å². The van der Waals surface area contributed by atoms with Crippen LogP contribution in [0.5, 0.6) is 11.5 Å². The molecule has 0 aliphatic carbocycles. The van der Waals surface area contributed by atoms with Crippen molar-refractivity contribution in [2.45, 2.75) is 6.92 Å². The molecule has 2 aromatic carbocycles. The topological polar surface area (TPSA) is 50.8 Å². The molecule has 1 amide bonds. The number of carbonyl (C=O) groups is 1. The summed E-state index contributed by atoms with van der Waals surface area (Å²) < 4.78 is 11.4. The maximum atomic E-state index is 13.0. The highest BCUT2D eigenvalue weighted by Crippen LogP contribution is 2.35. The van der Waals surface area contributed by atoms with E-state index in [4.69, 9.17) is 33.3 Å². The van der Waals surface area contributed by atoms with Gasteiger partial charge in [0, 0.05) is 9.50 Å². The number of hydrogen-bond donors (Lipinski definition) is 1. The zero-order valence-corrected chi connectivity index (χ0v) is 18.0. The number of hydrogen-bond acceptors (Lipinski definition) is 4. The second-order valence-corrected chi connectivity index (χ2v) is 7.47. The largest absolute Gasteiger partial charge is 0.493 e. The number of methoxy groups -OCH3 is 2. The van der Waals surface area contributed by atoms with Gasteiger partial charge in [-0.25, -0.2) is 0 Å². The molecule has 5 nitrogen and oxygen atoms in total. The SMILES string of the molecule is COc1cc(Br)c(/C=C2\NC(=S)N(c3ccc(Cl)cc3C)C2=O)cc1OC. The Hall–Kier alpha value is -2.09. The lowest BCUT2D eigenvalue weighted by molar-refractivity contribution is -0.113. The summed E-state index contributed by atoms with van der Waals surface area (Å²) in [6, 6.07) is 8.86. The highest BCUT2D eigenvalue weighted by Gasteiger charge is 2.33. The molecule has 1 fully saturated rings. The Labute approximate surface area is 176 Å². The van der Waals surface area contributed by atoms with E-state index in [1.165, 1.54) is 4.90 Å². The van der Waals surface area contributed by atoms with Gasteiger partial charge in [0.05, 0.1) is 19.9 Å². The molecule has 0 spiro atoms. The summed E-state index contributed by atoms with van der Waals surface area (Å²) in [7, 11) is 3.12. The van der Waals surface area contributed by atoms with Gasteiger partial charge in [0.2, 0.25) is 0 Å². The van der Waals surface area contributed by atoms with Crippen molar-refractivity contribution < 1.29 is 14.3 Å². The van der Waals surface area contributed by atoms with E-state index < -0.39 is 0 Å². The molecule has 1 aliphatic heterocycles. The van der Waals surface area contributed by atoms with Gasteiger partial charge in [0.25, 0.3) is 5.91 Å². The van der Waals surface area contributed by atoms with E-state index in [1.807, 2.05) is 6.92 Å². The van der Waals surface area contributed by atoms with Crippen LogP contribution in [0.3, 0.4) is 0 Å². The zero-order chi connectivity index (χ0) is 19.7. The van der Waals surface area contributed by atoms with Crippen LogP contribution in [0.1, 0.15) is 11.1 Å². The quantitative estimate of drug-likeness (QED) is 0.522. The van der Waals surface area contributed by atoms with Crippen molar-refractivity contribution in [3.63, 3.8) is 0 Å². The summed E-state index contributed by atoms with van der Waals surface area (Å²) >= 11 is 14.9. The van der Waals surface area contributed by atoms with Crippen LogP contribution in [0.4, 0.5) is 5.69 Å². The predicted molar refractivity (Wildman–Crippen MR) is 115 cm³/mol. The molecular weight excluding hydrogens is 452 g/mol. The van der Waals surface area contributed by atoms with E-state index in [0.717, 1.165) is 15.6 Å². The summed E-state index contributed by atoms with van der Waals surface area (Å²) in [5.74, 6) is 0.907. The smallest absolute Gasteiger partial charge is 0.281 e. The van der Waals surface area contributed by atoms with Crippen LogP contribution >= 0.6 is 39.7 Å². The third kappa shape index (κ3) is 3.81. The molecule has 0 bridgehead atoms. The second-order valence-electron chi connectivity index (χ2n) is 5.79. The van der Waals surface area contributed by atoms with Crippen LogP contribution in [-0.4, -0.2) is 25.2 Å². The predicted octanol–water partition coefficient (Wildman–Crippen LogP) is 4.69. The van der Waals surface area contributed by atoms with Gasteiger partial charge >= 0.3 is 0 Å². The molecule has 27 heavy (non-hydrogen) atoms. The van der Waals surface area contributed by atoms with E-state index in [1.54, 1.807) is 50.6 Å². The average molecular weight is 468 g/mol. The number of rotatable bonds is 4. The summed E-state index contributed by atoms with van der Waals surface area (Å²) in [5, 5.41) is 3.90. The van der Waals surface area contributed by atoms with Crippen molar-refractivity contribution in [2.75, 3.05) is 19.1 Å². The third-order valence-electron chi connectivity index (χ3n) is 4.08. The number of benzene rings is 2. The third-order valence-corrected chi connectivity index (χ3v) is 5.29. The fraction of sp³-hybridized carbons (Fsp3) is 0.158. The number of carbonyl (C=O) groups excluding carboxylic acids is 1. The van der Waals surface area contributed by atoms with Crippen molar-refractivity contribution in [3.8, 4) is 11.5 Å². The van der Waals surface area contributed by atoms with Crippen molar-refractivity contribution in [3.05, 3.63) is 56.7 Å². The number of anilines is 1. The van der Waals surface area contributed by atoms with Crippen molar-refractivity contribution in [1.82, 2.24) is 5.32 Å². The standard InChI is InChI=1S/C19H16BrClN2O3S/c1-10-6-12(21)4-5-15(10)23-18(24)14(22-19(23)27)7-11-8-16(25-2)17(26-3)9-13(11)20/h4-9H,1-3H3,(H,22,27)/b14-7-. The highest BCUT2D eigenvalue weighted by molar-refractivity contribution is 9.10. The molecule has 1 heterocycles. The molecule has 1 aliphatic rings. The first-order chi connectivity index (χ1) is 12.8. The molecular formula is C19H16BrClN2O3S. The van der Waals surface area contributed by atoms with E-state index in [-0.39, 0.29) is 5.91 Å². The molecule has 0 aromatic heterocycles. The molecule has 8 heteroatoms. The Bertz CT molecular complexity index is 978. The Morgan fingerprint density at radius 3 is 2.48 bits per heavy atom. The minimum Gasteiger partial charge on any atom is -0.493 e.